The number of pyridine rings is 1. The van der Waals surface area contributed by atoms with Crippen LogP contribution < -0.4 is 5.43 Å². The van der Waals surface area contributed by atoms with Gasteiger partial charge in [-0.05, 0) is 12.1 Å². The highest BCUT2D eigenvalue weighted by atomic mass is 16.1. The van der Waals surface area contributed by atoms with E-state index in [9.17, 15) is 4.79 Å². The number of aromatic nitrogens is 3. The number of benzene rings is 1. The number of hydrogen-bond donors (Lipinski definition) is 0. The van der Waals surface area contributed by atoms with Gasteiger partial charge in [0, 0.05) is 23.8 Å². The second kappa shape index (κ2) is 3.83. The fraction of sp³-hybridized carbons (Fsp3) is 0. The van der Waals surface area contributed by atoms with Gasteiger partial charge in [0.25, 0.3) is 0 Å². The summed E-state index contributed by atoms with van der Waals surface area (Å²) in [5.41, 5.74) is 1.63. The first-order valence-corrected chi connectivity index (χ1v) is 5.24. The van der Waals surface area contributed by atoms with E-state index in [0.717, 1.165) is 16.6 Å². The first kappa shape index (κ1) is 9.72. The molecular weight excluding hydrogens is 214 g/mol. The molecule has 17 heavy (non-hydrogen) atoms. The summed E-state index contributed by atoms with van der Waals surface area (Å²) in [4.78, 5) is 15.4. The molecule has 0 unspecified atom stereocenters. The van der Waals surface area contributed by atoms with Crippen molar-refractivity contribution in [3.63, 3.8) is 0 Å². The molecule has 0 saturated heterocycles. The zero-order chi connectivity index (χ0) is 11.7. The molecule has 1 aromatic carbocycles. The van der Waals surface area contributed by atoms with Crippen LogP contribution in [0.25, 0.3) is 16.6 Å². The molecule has 3 aromatic rings. The normalized spacial score (nSPS) is 10.6. The van der Waals surface area contributed by atoms with E-state index in [4.69, 9.17) is 0 Å². The number of hydrogen-bond acceptors (Lipinski definition) is 3. The van der Waals surface area contributed by atoms with Crippen LogP contribution in [-0.2, 0) is 0 Å². The zero-order valence-corrected chi connectivity index (χ0v) is 8.95. The summed E-state index contributed by atoms with van der Waals surface area (Å²) in [6.45, 7) is 0. The van der Waals surface area contributed by atoms with Crippen molar-refractivity contribution in [1.82, 2.24) is 14.8 Å². The van der Waals surface area contributed by atoms with Crippen LogP contribution in [-0.4, -0.2) is 14.8 Å². The van der Waals surface area contributed by atoms with Gasteiger partial charge in [-0.1, -0.05) is 18.2 Å². The zero-order valence-electron chi connectivity index (χ0n) is 8.95. The average Bonchev–Trinajstić information content (AvgIpc) is 2.39. The smallest absolute Gasteiger partial charge is 0.200 e. The van der Waals surface area contributed by atoms with Crippen molar-refractivity contribution in [2.24, 2.45) is 0 Å². The van der Waals surface area contributed by atoms with E-state index in [0.29, 0.717) is 0 Å². The molecule has 2 heterocycles. The fourth-order valence-corrected chi connectivity index (χ4v) is 1.76. The maximum atomic E-state index is 11.0. The highest BCUT2D eigenvalue weighted by Gasteiger charge is 2.02. The number of fused-ring (bicyclic) bond motifs is 1. The summed E-state index contributed by atoms with van der Waals surface area (Å²) in [5, 5.41) is 5.11. The second-order valence-corrected chi connectivity index (χ2v) is 3.66. The summed E-state index contributed by atoms with van der Waals surface area (Å²) in [6, 6.07) is 11.2. The monoisotopic (exact) mass is 223 g/mol. The van der Waals surface area contributed by atoms with Crippen molar-refractivity contribution >= 4 is 10.9 Å². The van der Waals surface area contributed by atoms with Gasteiger partial charge in [-0.2, -0.15) is 5.10 Å². The van der Waals surface area contributed by atoms with E-state index in [1.807, 2.05) is 30.3 Å². The van der Waals surface area contributed by atoms with Gasteiger partial charge in [0.05, 0.1) is 17.4 Å². The fourth-order valence-electron chi connectivity index (χ4n) is 1.76. The van der Waals surface area contributed by atoms with Crippen LogP contribution in [0.1, 0.15) is 0 Å². The standard InChI is InChI=1S/C13H9N3O/c17-11-6-8-16(15-9-11)12-5-1-3-10-4-2-7-14-13(10)12/h1-9H. The molecule has 4 nitrogen and oxygen atoms in total. The lowest BCUT2D eigenvalue weighted by atomic mass is 10.2. The molecule has 0 atom stereocenters. The van der Waals surface area contributed by atoms with Crippen molar-refractivity contribution in [3.8, 4) is 5.69 Å². The number of nitrogens with zero attached hydrogens (tertiary/aromatic N) is 3. The van der Waals surface area contributed by atoms with Crippen LogP contribution >= 0.6 is 0 Å². The van der Waals surface area contributed by atoms with Gasteiger partial charge in [0.15, 0.2) is 5.43 Å². The highest BCUT2D eigenvalue weighted by Crippen LogP contribution is 2.18. The van der Waals surface area contributed by atoms with Crippen molar-refractivity contribution in [2.45, 2.75) is 0 Å². The third-order valence-electron chi connectivity index (χ3n) is 2.55. The topological polar surface area (TPSA) is 47.8 Å². The predicted molar refractivity (Wildman–Crippen MR) is 65.1 cm³/mol. The summed E-state index contributed by atoms with van der Waals surface area (Å²) in [6.07, 6.45) is 4.68. The Bertz CT molecular complexity index is 708. The molecule has 0 radical (unpaired) electrons. The molecule has 0 spiro atoms. The summed E-state index contributed by atoms with van der Waals surface area (Å²) >= 11 is 0. The lowest BCUT2D eigenvalue weighted by Crippen LogP contribution is -2.07. The largest absolute Gasteiger partial charge is 0.288 e. The Kier molecular flexibility index (Phi) is 2.19. The Labute approximate surface area is 97.2 Å². The molecule has 0 N–H and O–H groups in total. The Balaban J connectivity index is 2.30. The minimum absolute atomic E-state index is 0.102. The molecule has 0 fully saturated rings. The van der Waals surface area contributed by atoms with Crippen molar-refractivity contribution in [2.75, 3.05) is 0 Å². The first-order chi connectivity index (χ1) is 8.34. The van der Waals surface area contributed by atoms with Crippen molar-refractivity contribution in [3.05, 3.63) is 65.2 Å². The molecule has 0 aliphatic rings. The molecule has 0 saturated carbocycles. The van der Waals surface area contributed by atoms with E-state index in [1.54, 1.807) is 17.1 Å². The molecule has 82 valence electrons. The molecule has 0 bridgehead atoms. The Morgan fingerprint density at radius 3 is 2.76 bits per heavy atom. The Hall–Kier alpha value is -2.49. The van der Waals surface area contributed by atoms with Crippen molar-refractivity contribution < 1.29 is 0 Å². The SMILES string of the molecule is O=c1ccn(-c2cccc3cccnc23)nc1. The van der Waals surface area contributed by atoms with E-state index in [1.165, 1.54) is 12.3 Å². The van der Waals surface area contributed by atoms with Gasteiger partial charge in [0.1, 0.15) is 0 Å². The second-order valence-electron chi connectivity index (χ2n) is 3.66. The Morgan fingerprint density at radius 1 is 1.06 bits per heavy atom. The van der Waals surface area contributed by atoms with E-state index in [2.05, 4.69) is 10.1 Å². The third-order valence-corrected chi connectivity index (χ3v) is 2.55. The van der Waals surface area contributed by atoms with Gasteiger partial charge < -0.3 is 0 Å². The van der Waals surface area contributed by atoms with E-state index in [-0.39, 0.29) is 5.43 Å². The minimum Gasteiger partial charge on any atom is -0.288 e. The highest BCUT2D eigenvalue weighted by molar-refractivity contribution is 5.85. The molecule has 3 rings (SSSR count). The van der Waals surface area contributed by atoms with E-state index < -0.39 is 0 Å². The van der Waals surface area contributed by atoms with Gasteiger partial charge in [-0.25, -0.2) is 4.68 Å². The number of rotatable bonds is 1. The van der Waals surface area contributed by atoms with Crippen LogP contribution in [0.15, 0.2) is 59.8 Å². The molecule has 0 amide bonds. The maximum absolute atomic E-state index is 11.0. The maximum Gasteiger partial charge on any atom is 0.200 e. The summed E-state index contributed by atoms with van der Waals surface area (Å²) in [5.74, 6) is 0. The third kappa shape index (κ3) is 1.69. The predicted octanol–water partition coefficient (Wildman–Crippen LogP) is 1.78. The summed E-state index contributed by atoms with van der Waals surface area (Å²) in [7, 11) is 0. The Morgan fingerprint density at radius 2 is 1.94 bits per heavy atom. The van der Waals surface area contributed by atoms with Gasteiger partial charge in [-0.3, -0.25) is 9.78 Å². The van der Waals surface area contributed by atoms with Crippen LogP contribution in [0.2, 0.25) is 0 Å². The van der Waals surface area contributed by atoms with E-state index >= 15 is 0 Å². The molecule has 4 heteroatoms. The molecule has 0 aliphatic heterocycles. The van der Waals surface area contributed by atoms with Gasteiger partial charge >= 0.3 is 0 Å². The van der Waals surface area contributed by atoms with Crippen LogP contribution in [0.5, 0.6) is 0 Å². The van der Waals surface area contributed by atoms with Crippen molar-refractivity contribution in [1.29, 1.82) is 0 Å². The lowest BCUT2D eigenvalue weighted by Gasteiger charge is -2.06. The molecule has 2 aromatic heterocycles. The lowest BCUT2D eigenvalue weighted by molar-refractivity contribution is 0.840. The van der Waals surface area contributed by atoms with Crippen LogP contribution in [0.3, 0.4) is 0 Å². The molecule has 0 aliphatic carbocycles. The quantitative estimate of drug-likeness (QED) is 0.631. The molecular formula is C13H9N3O. The summed E-state index contributed by atoms with van der Waals surface area (Å²) < 4.78 is 1.65. The number of para-hydroxylation sites is 1. The van der Waals surface area contributed by atoms with Crippen LogP contribution in [0, 0.1) is 0 Å². The van der Waals surface area contributed by atoms with Crippen LogP contribution in [0.4, 0.5) is 0 Å². The first-order valence-electron chi connectivity index (χ1n) is 5.24. The van der Waals surface area contributed by atoms with Gasteiger partial charge in [-0.15, -0.1) is 0 Å². The van der Waals surface area contributed by atoms with Gasteiger partial charge in [0.2, 0.25) is 0 Å². The average molecular weight is 223 g/mol. The minimum atomic E-state index is -0.102.